The number of hydrogen-bond donors (Lipinski definition) is 2. The fourth-order valence-electron chi connectivity index (χ4n) is 3.69. The highest BCUT2D eigenvalue weighted by molar-refractivity contribution is 5.86. The number of hydrogen-bond acceptors (Lipinski definition) is 4. The topological polar surface area (TPSA) is 63.4 Å². The number of fused-ring (bicyclic) bond motifs is 3. The second-order valence-electron chi connectivity index (χ2n) is 6.89. The van der Waals surface area contributed by atoms with Crippen molar-refractivity contribution in [2.75, 3.05) is 13.7 Å². The molecule has 3 aromatic rings. The van der Waals surface area contributed by atoms with Gasteiger partial charge in [-0.25, -0.2) is 8.78 Å². The maximum atomic E-state index is 13.9. The lowest BCUT2D eigenvalue weighted by Crippen LogP contribution is -2.33. The molecule has 1 aliphatic rings. The third-order valence-electron chi connectivity index (χ3n) is 5.13. The van der Waals surface area contributed by atoms with Crippen molar-refractivity contribution >= 4 is 10.8 Å². The van der Waals surface area contributed by atoms with Gasteiger partial charge in [0.05, 0.1) is 31.8 Å². The van der Waals surface area contributed by atoms with Crippen LogP contribution in [0.15, 0.2) is 41.2 Å². The van der Waals surface area contributed by atoms with Crippen molar-refractivity contribution in [2.24, 2.45) is 0 Å². The van der Waals surface area contributed by atoms with E-state index in [0.29, 0.717) is 17.7 Å². The van der Waals surface area contributed by atoms with Crippen LogP contribution in [0.2, 0.25) is 0 Å². The van der Waals surface area contributed by atoms with Gasteiger partial charge < -0.3 is 19.8 Å². The van der Waals surface area contributed by atoms with Gasteiger partial charge in [0.25, 0.3) is 5.56 Å². The summed E-state index contributed by atoms with van der Waals surface area (Å²) in [5, 5.41) is 4.00. The zero-order valence-electron chi connectivity index (χ0n) is 15.5. The molecule has 0 saturated heterocycles. The molecule has 5 nitrogen and oxygen atoms in total. The van der Waals surface area contributed by atoms with E-state index in [0.717, 1.165) is 29.0 Å². The molecule has 0 aliphatic carbocycles. The summed E-state index contributed by atoms with van der Waals surface area (Å²) in [6.07, 6.45) is 0. The smallest absolute Gasteiger partial charge is 0.256 e. The zero-order valence-corrected chi connectivity index (χ0v) is 15.5. The molecular formula is C21H20F2N2O3. The van der Waals surface area contributed by atoms with Crippen LogP contribution in [0.5, 0.6) is 5.75 Å². The molecule has 0 amide bonds. The minimum Gasteiger partial charge on any atom is -0.497 e. The first-order chi connectivity index (χ1) is 13.5. The zero-order chi connectivity index (χ0) is 19.8. The van der Waals surface area contributed by atoms with Gasteiger partial charge in [0.15, 0.2) is 11.6 Å². The van der Waals surface area contributed by atoms with E-state index in [9.17, 15) is 13.6 Å². The average Bonchev–Trinajstić information content (AvgIpc) is 2.69. The summed E-state index contributed by atoms with van der Waals surface area (Å²) in [7, 11) is 1.61. The van der Waals surface area contributed by atoms with Gasteiger partial charge in [-0.2, -0.15) is 0 Å². The third-order valence-corrected chi connectivity index (χ3v) is 5.13. The molecule has 0 bridgehead atoms. The molecule has 2 atom stereocenters. The quantitative estimate of drug-likeness (QED) is 0.717. The lowest BCUT2D eigenvalue weighted by atomic mass is 9.95. The van der Waals surface area contributed by atoms with Gasteiger partial charge in [-0.15, -0.1) is 0 Å². The Morgan fingerprint density at radius 2 is 1.86 bits per heavy atom. The lowest BCUT2D eigenvalue weighted by molar-refractivity contribution is 0.0766. The van der Waals surface area contributed by atoms with Crippen molar-refractivity contribution in [2.45, 2.75) is 25.6 Å². The molecule has 146 valence electrons. The Morgan fingerprint density at radius 3 is 2.54 bits per heavy atom. The van der Waals surface area contributed by atoms with E-state index in [4.69, 9.17) is 9.47 Å². The van der Waals surface area contributed by atoms with Crippen molar-refractivity contribution in [3.8, 4) is 5.75 Å². The standard InChI is InChI=1S/C21H20F2N2O3/c1-11(12-3-5-13(27-2)6-4-12)24-18-9-28-10-19-20(18)14-7-16(22)17(23)8-15(14)21(26)25-19/h3-8,11,18,24H,9-10H2,1-2H3,(H,25,26)/t11?,18-/m1/s1. The maximum absolute atomic E-state index is 13.9. The highest BCUT2D eigenvalue weighted by atomic mass is 19.2. The van der Waals surface area contributed by atoms with Crippen LogP contribution in [0.25, 0.3) is 10.8 Å². The Balaban J connectivity index is 1.74. The van der Waals surface area contributed by atoms with Crippen LogP contribution in [0.1, 0.15) is 35.8 Å². The van der Waals surface area contributed by atoms with Gasteiger partial charge in [-0.05, 0) is 42.1 Å². The number of nitrogens with one attached hydrogen (secondary N) is 2. The molecule has 0 spiro atoms. The summed E-state index contributed by atoms with van der Waals surface area (Å²) >= 11 is 0. The molecule has 1 unspecified atom stereocenters. The van der Waals surface area contributed by atoms with Crippen LogP contribution in [-0.2, 0) is 11.3 Å². The van der Waals surface area contributed by atoms with E-state index in [2.05, 4.69) is 10.3 Å². The van der Waals surface area contributed by atoms with Gasteiger partial charge >= 0.3 is 0 Å². The number of halogens is 2. The van der Waals surface area contributed by atoms with E-state index < -0.39 is 17.2 Å². The summed E-state index contributed by atoms with van der Waals surface area (Å²) < 4.78 is 38.4. The van der Waals surface area contributed by atoms with Crippen molar-refractivity contribution in [3.05, 3.63) is 75.2 Å². The first-order valence-corrected chi connectivity index (χ1v) is 8.99. The van der Waals surface area contributed by atoms with Crippen LogP contribution >= 0.6 is 0 Å². The second kappa shape index (κ2) is 7.33. The minimum absolute atomic E-state index is 0.0438. The van der Waals surface area contributed by atoms with Crippen molar-refractivity contribution in [1.82, 2.24) is 10.3 Å². The Kier molecular flexibility index (Phi) is 4.87. The fourth-order valence-corrected chi connectivity index (χ4v) is 3.69. The predicted molar refractivity (Wildman–Crippen MR) is 101 cm³/mol. The maximum Gasteiger partial charge on any atom is 0.256 e. The number of H-pyrrole nitrogens is 1. The Labute approximate surface area is 160 Å². The van der Waals surface area contributed by atoms with E-state index in [1.807, 2.05) is 31.2 Å². The monoisotopic (exact) mass is 386 g/mol. The van der Waals surface area contributed by atoms with Gasteiger partial charge in [0.1, 0.15) is 5.75 Å². The number of aromatic amines is 1. The van der Waals surface area contributed by atoms with Crippen molar-refractivity contribution < 1.29 is 18.3 Å². The Bertz CT molecular complexity index is 1080. The molecule has 0 saturated carbocycles. The van der Waals surface area contributed by atoms with Gasteiger partial charge in [0, 0.05) is 17.3 Å². The van der Waals surface area contributed by atoms with Crippen LogP contribution in [0, 0.1) is 11.6 Å². The number of methoxy groups -OCH3 is 1. The van der Waals surface area contributed by atoms with Gasteiger partial charge in [-0.1, -0.05) is 12.1 Å². The average molecular weight is 386 g/mol. The van der Waals surface area contributed by atoms with Crippen molar-refractivity contribution in [1.29, 1.82) is 0 Å². The Hall–Kier alpha value is -2.77. The highest BCUT2D eigenvalue weighted by Crippen LogP contribution is 2.32. The second-order valence-corrected chi connectivity index (χ2v) is 6.89. The van der Waals surface area contributed by atoms with Crippen molar-refractivity contribution in [3.63, 3.8) is 0 Å². The molecule has 28 heavy (non-hydrogen) atoms. The minimum atomic E-state index is -1.04. The molecule has 1 aromatic heterocycles. The summed E-state index contributed by atoms with van der Waals surface area (Å²) in [5.41, 5.74) is 1.90. The fraction of sp³-hybridized carbons (Fsp3) is 0.286. The number of rotatable bonds is 4. The lowest BCUT2D eigenvalue weighted by Gasteiger charge is -2.30. The number of pyridine rings is 1. The predicted octanol–water partition coefficient (Wildman–Crippen LogP) is 3.74. The summed E-state index contributed by atoms with van der Waals surface area (Å²) in [5.74, 6) is -1.25. The van der Waals surface area contributed by atoms with Crippen LogP contribution in [0.3, 0.4) is 0 Å². The van der Waals surface area contributed by atoms with Crippen LogP contribution < -0.4 is 15.6 Å². The van der Waals surface area contributed by atoms with E-state index in [1.54, 1.807) is 7.11 Å². The normalized spacial score (nSPS) is 17.4. The molecule has 7 heteroatoms. The number of aromatic nitrogens is 1. The molecular weight excluding hydrogens is 366 g/mol. The molecule has 0 radical (unpaired) electrons. The molecule has 1 aliphatic heterocycles. The third kappa shape index (κ3) is 3.27. The van der Waals surface area contributed by atoms with Gasteiger partial charge in [-0.3, -0.25) is 4.79 Å². The number of ether oxygens (including phenoxy) is 2. The molecule has 2 heterocycles. The van der Waals surface area contributed by atoms with E-state index in [-0.39, 0.29) is 24.1 Å². The highest BCUT2D eigenvalue weighted by Gasteiger charge is 2.27. The van der Waals surface area contributed by atoms with Gasteiger partial charge in [0.2, 0.25) is 0 Å². The summed E-state index contributed by atoms with van der Waals surface area (Å²) in [6, 6.07) is 9.39. The Morgan fingerprint density at radius 1 is 1.18 bits per heavy atom. The largest absolute Gasteiger partial charge is 0.497 e. The summed E-state index contributed by atoms with van der Waals surface area (Å²) in [4.78, 5) is 15.0. The first-order valence-electron chi connectivity index (χ1n) is 8.99. The first kappa shape index (κ1) is 18.6. The molecule has 2 aromatic carbocycles. The van der Waals surface area contributed by atoms with E-state index >= 15 is 0 Å². The molecule has 4 rings (SSSR count). The molecule has 2 N–H and O–H groups in total. The summed E-state index contributed by atoms with van der Waals surface area (Å²) in [6.45, 7) is 2.58. The van der Waals surface area contributed by atoms with E-state index in [1.165, 1.54) is 0 Å². The van der Waals surface area contributed by atoms with Crippen LogP contribution in [-0.4, -0.2) is 18.7 Å². The molecule has 0 fully saturated rings. The van der Waals surface area contributed by atoms with Crippen LogP contribution in [0.4, 0.5) is 8.78 Å². The number of benzene rings is 2. The SMILES string of the molecule is COc1ccc(C(C)N[C@@H]2COCc3[nH]c(=O)c4cc(F)c(F)cc4c32)cc1.